The summed E-state index contributed by atoms with van der Waals surface area (Å²) in [4.78, 5) is 24.1. The quantitative estimate of drug-likeness (QED) is 0.575. The van der Waals surface area contributed by atoms with Crippen molar-refractivity contribution < 1.29 is 31.5 Å². The van der Waals surface area contributed by atoms with Crippen molar-refractivity contribution in [1.82, 2.24) is 9.78 Å². The highest BCUT2D eigenvalue weighted by Gasteiger charge is 2.58. The van der Waals surface area contributed by atoms with Gasteiger partial charge in [-0.2, -0.15) is 27.1 Å². The second kappa shape index (κ2) is 7.24. The van der Waals surface area contributed by atoms with Gasteiger partial charge < -0.3 is 4.74 Å². The fourth-order valence-electron chi connectivity index (χ4n) is 2.53. The Morgan fingerprint density at radius 1 is 1.19 bits per heavy atom. The molecule has 10 heteroatoms. The van der Waals surface area contributed by atoms with Crippen LogP contribution in [0.5, 0.6) is 0 Å². The monoisotopic (exact) mass is 392 g/mol. The molecule has 0 aliphatic heterocycles. The molecule has 0 spiro atoms. The molecule has 0 saturated carbocycles. The molecule has 2 aromatic rings. The van der Waals surface area contributed by atoms with Crippen LogP contribution in [0, 0.1) is 0 Å². The number of halogens is 5. The third-order valence-corrected chi connectivity index (χ3v) is 3.84. The molecule has 0 atom stereocenters. The van der Waals surface area contributed by atoms with E-state index in [1.54, 1.807) is 20.8 Å². The molecular formula is C17H17F5N2O3. The van der Waals surface area contributed by atoms with Crippen molar-refractivity contribution in [2.75, 3.05) is 6.61 Å². The van der Waals surface area contributed by atoms with Crippen LogP contribution in [0.25, 0.3) is 10.8 Å². The normalized spacial score (nSPS) is 12.6. The number of aromatic nitrogens is 2. The molecule has 0 unspecified atom stereocenters. The minimum Gasteiger partial charge on any atom is -0.465 e. The molecule has 0 fully saturated rings. The van der Waals surface area contributed by atoms with Crippen LogP contribution in [-0.2, 0) is 22.0 Å². The van der Waals surface area contributed by atoms with Crippen LogP contribution in [0.4, 0.5) is 22.0 Å². The number of esters is 1. The van der Waals surface area contributed by atoms with E-state index in [1.807, 2.05) is 0 Å². The Morgan fingerprint density at radius 3 is 2.33 bits per heavy atom. The molecular weight excluding hydrogens is 375 g/mol. The molecule has 27 heavy (non-hydrogen) atoms. The summed E-state index contributed by atoms with van der Waals surface area (Å²) < 4.78 is 70.9. The summed E-state index contributed by atoms with van der Waals surface area (Å²) in [6, 6.07) is 2.07. The SMILES string of the molecule is CCOC(=O)Cn1nc(C(C)C)c2cc(C(F)(F)C(F)(F)F)ccc2c1=O. The molecule has 0 aliphatic carbocycles. The standard InChI is InChI=1S/C17H17F5N2O3/c1-4-27-13(25)8-24-15(26)11-6-5-10(16(18,19)17(20,21)22)7-12(11)14(23-24)9(2)3/h5-7,9H,4,8H2,1-3H3. The summed E-state index contributed by atoms with van der Waals surface area (Å²) in [5.74, 6) is -6.20. The van der Waals surface area contributed by atoms with Crippen LogP contribution in [-0.4, -0.2) is 28.5 Å². The maximum atomic E-state index is 13.7. The lowest BCUT2D eigenvalue weighted by atomic mass is 9.98. The Kier molecular flexibility index (Phi) is 5.58. The summed E-state index contributed by atoms with van der Waals surface area (Å²) in [7, 11) is 0. The number of rotatable bonds is 5. The van der Waals surface area contributed by atoms with Crippen LogP contribution < -0.4 is 5.56 Å². The van der Waals surface area contributed by atoms with Gasteiger partial charge in [0, 0.05) is 10.9 Å². The summed E-state index contributed by atoms with van der Waals surface area (Å²) in [6.07, 6.45) is -5.77. The van der Waals surface area contributed by atoms with Gasteiger partial charge in [0.25, 0.3) is 5.56 Å². The molecule has 0 amide bonds. The van der Waals surface area contributed by atoms with Gasteiger partial charge in [0.15, 0.2) is 0 Å². The minimum atomic E-state index is -5.77. The number of alkyl halides is 5. The van der Waals surface area contributed by atoms with E-state index in [2.05, 4.69) is 5.10 Å². The number of benzene rings is 1. The average molecular weight is 392 g/mol. The van der Waals surface area contributed by atoms with E-state index in [0.717, 1.165) is 10.7 Å². The molecule has 0 N–H and O–H groups in total. The molecule has 0 saturated heterocycles. The highest BCUT2D eigenvalue weighted by Crippen LogP contribution is 2.44. The van der Waals surface area contributed by atoms with Crippen molar-refractivity contribution in [3.8, 4) is 0 Å². The van der Waals surface area contributed by atoms with Crippen molar-refractivity contribution >= 4 is 16.7 Å². The smallest absolute Gasteiger partial charge is 0.458 e. The summed E-state index contributed by atoms with van der Waals surface area (Å²) >= 11 is 0. The van der Waals surface area contributed by atoms with Crippen LogP contribution in [0.15, 0.2) is 23.0 Å². The summed E-state index contributed by atoms with van der Waals surface area (Å²) in [6.45, 7) is 4.44. The fourth-order valence-corrected chi connectivity index (χ4v) is 2.53. The highest BCUT2D eigenvalue weighted by molar-refractivity contribution is 5.85. The van der Waals surface area contributed by atoms with Gasteiger partial charge in [-0.1, -0.05) is 19.9 Å². The van der Waals surface area contributed by atoms with Crippen LogP contribution >= 0.6 is 0 Å². The van der Waals surface area contributed by atoms with E-state index in [0.29, 0.717) is 12.1 Å². The number of nitrogens with zero attached hydrogens (tertiary/aromatic N) is 2. The second-order valence-corrected chi connectivity index (χ2v) is 6.14. The summed E-state index contributed by atoms with van der Waals surface area (Å²) in [5, 5.41) is 3.76. The first-order chi connectivity index (χ1) is 12.4. The van der Waals surface area contributed by atoms with Crippen molar-refractivity contribution in [3.05, 3.63) is 39.8 Å². The van der Waals surface area contributed by atoms with Gasteiger partial charge in [-0.05, 0) is 25.0 Å². The third kappa shape index (κ3) is 3.93. The van der Waals surface area contributed by atoms with Crippen LogP contribution in [0.1, 0.15) is 37.9 Å². The molecule has 1 aromatic heterocycles. The van der Waals surface area contributed by atoms with E-state index in [4.69, 9.17) is 4.74 Å². The van der Waals surface area contributed by atoms with Gasteiger partial charge in [0.1, 0.15) is 6.54 Å². The predicted octanol–water partition coefficient (Wildman–Crippen LogP) is 3.74. The van der Waals surface area contributed by atoms with Crippen molar-refractivity contribution in [2.45, 2.75) is 45.3 Å². The Hall–Kier alpha value is -2.52. The van der Waals surface area contributed by atoms with Gasteiger partial charge in [-0.25, -0.2) is 4.68 Å². The topological polar surface area (TPSA) is 61.2 Å². The van der Waals surface area contributed by atoms with Crippen molar-refractivity contribution in [1.29, 1.82) is 0 Å². The molecule has 2 rings (SSSR count). The average Bonchev–Trinajstić information content (AvgIpc) is 2.55. The molecule has 1 aromatic carbocycles. The van der Waals surface area contributed by atoms with Crippen LogP contribution in [0.2, 0.25) is 0 Å². The Balaban J connectivity index is 2.70. The Labute approximate surface area is 150 Å². The third-order valence-electron chi connectivity index (χ3n) is 3.84. The maximum absolute atomic E-state index is 13.7. The largest absolute Gasteiger partial charge is 0.465 e. The van der Waals surface area contributed by atoms with Gasteiger partial charge in [-0.3, -0.25) is 9.59 Å². The lowest BCUT2D eigenvalue weighted by Crippen LogP contribution is -2.34. The molecule has 0 radical (unpaired) electrons. The molecule has 0 aliphatic rings. The Morgan fingerprint density at radius 2 is 1.81 bits per heavy atom. The van der Waals surface area contributed by atoms with E-state index < -0.39 is 41.7 Å². The van der Waals surface area contributed by atoms with Gasteiger partial charge >= 0.3 is 18.1 Å². The number of fused-ring (bicyclic) bond motifs is 1. The predicted molar refractivity (Wildman–Crippen MR) is 86.7 cm³/mol. The van der Waals surface area contributed by atoms with Gasteiger partial charge in [-0.15, -0.1) is 0 Å². The van der Waals surface area contributed by atoms with E-state index in [9.17, 15) is 31.5 Å². The highest BCUT2D eigenvalue weighted by atomic mass is 19.4. The molecule has 0 bridgehead atoms. The van der Waals surface area contributed by atoms with Crippen molar-refractivity contribution in [3.63, 3.8) is 0 Å². The van der Waals surface area contributed by atoms with E-state index in [1.165, 1.54) is 0 Å². The van der Waals surface area contributed by atoms with Crippen molar-refractivity contribution in [2.24, 2.45) is 0 Å². The Bertz CT molecular complexity index is 919. The lowest BCUT2D eigenvalue weighted by Gasteiger charge is -2.21. The van der Waals surface area contributed by atoms with Crippen LogP contribution in [0.3, 0.4) is 0 Å². The first-order valence-electron chi connectivity index (χ1n) is 8.05. The zero-order valence-corrected chi connectivity index (χ0v) is 14.7. The number of carbonyl (C=O) groups is 1. The summed E-state index contributed by atoms with van der Waals surface area (Å²) in [5.41, 5.74) is -1.95. The second-order valence-electron chi connectivity index (χ2n) is 6.14. The number of carbonyl (C=O) groups excluding carboxylic acids is 1. The zero-order chi connectivity index (χ0) is 20.6. The number of hydrogen-bond donors (Lipinski definition) is 0. The number of ether oxygens (including phenoxy) is 1. The molecule has 148 valence electrons. The molecule has 1 heterocycles. The van der Waals surface area contributed by atoms with E-state index >= 15 is 0 Å². The van der Waals surface area contributed by atoms with E-state index in [-0.39, 0.29) is 23.1 Å². The maximum Gasteiger partial charge on any atom is 0.458 e. The molecule has 5 nitrogen and oxygen atoms in total. The zero-order valence-electron chi connectivity index (χ0n) is 14.7. The number of hydrogen-bond acceptors (Lipinski definition) is 4. The first kappa shape index (κ1) is 20.8. The van der Waals surface area contributed by atoms with Gasteiger partial charge in [0.2, 0.25) is 0 Å². The van der Waals surface area contributed by atoms with Gasteiger partial charge in [0.05, 0.1) is 17.7 Å². The first-order valence-corrected chi connectivity index (χ1v) is 8.05. The minimum absolute atomic E-state index is 0.0914. The lowest BCUT2D eigenvalue weighted by molar-refractivity contribution is -0.289. The fraction of sp³-hybridized carbons (Fsp3) is 0.471.